The molecule has 0 atom stereocenters. The standard InChI is InChI=1S/C19H12ClFN2/c20-17-4-2-1-3-14(17)11-19-15(12-22)7-10-18(23-19)13-5-8-16(21)9-6-13/h1-10H,11H2. The molecule has 23 heavy (non-hydrogen) atoms. The van der Waals surface area contributed by atoms with Gasteiger partial charge in [0.15, 0.2) is 0 Å². The Morgan fingerprint density at radius 1 is 1.00 bits per heavy atom. The van der Waals surface area contributed by atoms with Crippen molar-refractivity contribution in [3.8, 4) is 17.3 Å². The zero-order valence-corrected chi connectivity index (χ0v) is 12.9. The van der Waals surface area contributed by atoms with Gasteiger partial charge in [0, 0.05) is 17.0 Å². The summed E-state index contributed by atoms with van der Waals surface area (Å²) < 4.78 is 13.1. The predicted octanol–water partition coefficient (Wildman–Crippen LogP) is 5.00. The van der Waals surface area contributed by atoms with Crippen molar-refractivity contribution >= 4 is 11.6 Å². The van der Waals surface area contributed by atoms with Crippen LogP contribution in [0.3, 0.4) is 0 Å². The first kappa shape index (κ1) is 15.2. The van der Waals surface area contributed by atoms with E-state index in [1.807, 2.05) is 24.3 Å². The lowest BCUT2D eigenvalue weighted by molar-refractivity contribution is 0.628. The lowest BCUT2D eigenvalue weighted by atomic mass is 10.0. The predicted molar refractivity (Wildman–Crippen MR) is 88.6 cm³/mol. The number of halogens is 2. The Morgan fingerprint density at radius 3 is 2.43 bits per heavy atom. The SMILES string of the molecule is N#Cc1ccc(-c2ccc(F)cc2)nc1Cc1ccccc1Cl. The number of benzene rings is 2. The van der Waals surface area contributed by atoms with E-state index in [9.17, 15) is 9.65 Å². The Kier molecular flexibility index (Phi) is 4.36. The molecule has 0 saturated carbocycles. The summed E-state index contributed by atoms with van der Waals surface area (Å²) in [6.45, 7) is 0. The van der Waals surface area contributed by atoms with Gasteiger partial charge in [0.2, 0.25) is 0 Å². The van der Waals surface area contributed by atoms with Crippen LogP contribution in [0.5, 0.6) is 0 Å². The van der Waals surface area contributed by atoms with Crippen LogP contribution in [-0.4, -0.2) is 4.98 Å². The van der Waals surface area contributed by atoms with Crippen molar-refractivity contribution in [3.63, 3.8) is 0 Å². The second-order valence-corrected chi connectivity index (χ2v) is 5.48. The van der Waals surface area contributed by atoms with Crippen LogP contribution in [0.1, 0.15) is 16.8 Å². The zero-order valence-electron chi connectivity index (χ0n) is 12.1. The maximum atomic E-state index is 13.1. The summed E-state index contributed by atoms with van der Waals surface area (Å²) in [4.78, 5) is 4.58. The highest BCUT2D eigenvalue weighted by molar-refractivity contribution is 6.31. The molecule has 2 aromatic carbocycles. The van der Waals surface area contributed by atoms with Gasteiger partial charge in [0.05, 0.1) is 17.0 Å². The molecule has 0 fully saturated rings. The van der Waals surface area contributed by atoms with Gasteiger partial charge in [-0.1, -0.05) is 29.8 Å². The Labute approximate surface area is 138 Å². The number of hydrogen-bond acceptors (Lipinski definition) is 2. The molecule has 112 valence electrons. The molecule has 3 aromatic rings. The molecule has 1 aromatic heterocycles. The van der Waals surface area contributed by atoms with Gasteiger partial charge >= 0.3 is 0 Å². The highest BCUT2D eigenvalue weighted by atomic mass is 35.5. The van der Waals surface area contributed by atoms with E-state index in [0.717, 1.165) is 11.1 Å². The van der Waals surface area contributed by atoms with Crippen molar-refractivity contribution in [3.05, 3.63) is 88.3 Å². The van der Waals surface area contributed by atoms with E-state index >= 15 is 0 Å². The van der Waals surface area contributed by atoms with Crippen LogP contribution in [0.4, 0.5) is 4.39 Å². The van der Waals surface area contributed by atoms with Crippen molar-refractivity contribution in [2.24, 2.45) is 0 Å². The van der Waals surface area contributed by atoms with Gasteiger partial charge in [-0.15, -0.1) is 0 Å². The highest BCUT2D eigenvalue weighted by Crippen LogP contribution is 2.23. The zero-order chi connectivity index (χ0) is 16.2. The molecule has 0 N–H and O–H groups in total. The third kappa shape index (κ3) is 3.39. The fourth-order valence-corrected chi connectivity index (χ4v) is 2.54. The monoisotopic (exact) mass is 322 g/mol. The van der Waals surface area contributed by atoms with Gasteiger partial charge in [0.1, 0.15) is 11.9 Å². The van der Waals surface area contributed by atoms with E-state index in [1.165, 1.54) is 12.1 Å². The molecule has 0 spiro atoms. The maximum Gasteiger partial charge on any atom is 0.123 e. The summed E-state index contributed by atoms with van der Waals surface area (Å²) in [5.41, 5.74) is 3.58. The minimum absolute atomic E-state index is 0.293. The first-order chi connectivity index (χ1) is 11.2. The molecule has 0 radical (unpaired) electrons. The van der Waals surface area contributed by atoms with E-state index in [2.05, 4.69) is 11.1 Å². The van der Waals surface area contributed by atoms with Gasteiger partial charge in [-0.25, -0.2) is 4.39 Å². The molecule has 0 unspecified atom stereocenters. The fourth-order valence-electron chi connectivity index (χ4n) is 2.34. The van der Waals surface area contributed by atoms with Gasteiger partial charge < -0.3 is 0 Å². The van der Waals surface area contributed by atoms with Crippen LogP contribution in [0.2, 0.25) is 5.02 Å². The Balaban J connectivity index is 2.02. The van der Waals surface area contributed by atoms with Gasteiger partial charge in [-0.05, 0) is 48.0 Å². The summed E-state index contributed by atoms with van der Waals surface area (Å²) in [5.74, 6) is -0.293. The van der Waals surface area contributed by atoms with Crippen molar-refractivity contribution < 1.29 is 4.39 Å². The van der Waals surface area contributed by atoms with Gasteiger partial charge in [0.25, 0.3) is 0 Å². The van der Waals surface area contributed by atoms with E-state index in [-0.39, 0.29) is 5.82 Å². The first-order valence-corrected chi connectivity index (χ1v) is 7.44. The van der Waals surface area contributed by atoms with Crippen molar-refractivity contribution in [1.29, 1.82) is 5.26 Å². The minimum atomic E-state index is -0.293. The van der Waals surface area contributed by atoms with Crippen LogP contribution < -0.4 is 0 Å². The van der Waals surface area contributed by atoms with Crippen LogP contribution in [0.15, 0.2) is 60.7 Å². The molecule has 3 rings (SSSR count). The van der Waals surface area contributed by atoms with Gasteiger partial charge in [-0.2, -0.15) is 5.26 Å². The lowest BCUT2D eigenvalue weighted by Gasteiger charge is -2.08. The van der Waals surface area contributed by atoms with Crippen LogP contribution in [0, 0.1) is 17.1 Å². The number of aromatic nitrogens is 1. The fraction of sp³-hybridized carbons (Fsp3) is 0.0526. The topological polar surface area (TPSA) is 36.7 Å². The Bertz CT molecular complexity index is 883. The van der Waals surface area contributed by atoms with Crippen molar-refractivity contribution in [2.75, 3.05) is 0 Å². The van der Waals surface area contributed by atoms with Gasteiger partial charge in [-0.3, -0.25) is 4.98 Å². The molecular formula is C19H12ClFN2. The molecule has 0 aliphatic carbocycles. The highest BCUT2D eigenvalue weighted by Gasteiger charge is 2.10. The van der Waals surface area contributed by atoms with Crippen LogP contribution in [-0.2, 0) is 6.42 Å². The largest absolute Gasteiger partial charge is 0.251 e. The molecule has 4 heteroatoms. The second-order valence-electron chi connectivity index (χ2n) is 5.08. The summed E-state index contributed by atoms with van der Waals surface area (Å²) in [5, 5.41) is 9.93. The molecular weight excluding hydrogens is 311 g/mol. The summed E-state index contributed by atoms with van der Waals surface area (Å²) >= 11 is 6.19. The number of rotatable bonds is 3. The molecule has 0 aliphatic rings. The minimum Gasteiger partial charge on any atom is -0.251 e. The average Bonchev–Trinajstić information content (AvgIpc) is 2.57. The van der Waals surface area contributed by atoms with E-state index in [4.69, 9.17) is 11.6 Å². The lowest BCUT2D eigenvalue weighted by Crippen LogP contribution is -1.99. The number of nitriles is 1. The number of pyridine rings is 1. The number of hydrogen-bond donors (Lipinski definition) is 0. The summed E-state index contributed by atoms with van der Waals surface area (Å²) in [7, 11) is 0. The third-order valence-electron chi connectivity index (χ3n) is 3.55. The Hall–Kier alpha value is -2.70. The van der Waals surface area contributed by atoms with Crippen LogP contribution in [0.25, 0.3) is 11.3 Å². The van der Waals surface area contributed by atoms with E-state index in [0.29, 0.717) is 28.4 Å². The van der Waals surface area contributed by atoms with Crippen molar-refractivity contribution in [2.45, 2.75) is 6.42 Å². The van der Waals surface area contributed by atoms with E-state index < -0.39 is 0 Å². The van der Waals surface area contributed by atoms with Crippen LogP contribution >= 0.6 is 11.6 Å². The second kappa shape index (κ2) is 6.60. The number of nitrogens with zero attached hydrogens (tertiary/aromatic N) is 2. The average molecular weight is 323 g/mol. The molecule has 2 nitrogen and oxygen atoms in total. The molecule has 0 amide bonds. The molecule has 1 heterocycles. The summed E-state index contributed by atoms with van der Waals surface area (Å²) in [6, 6.07) is 19.3. The first-order valence-electron chi connectivity index (χ1n) is 7.07. The quantitative estimate of drug-likeness (QED) is 0.680. The summed E-state index contributed by atoms with van der Waals surface area (Å²) in [6.07, 6.45) is 0.470. The van der Waals surface area contributed by atoms with Crippen molar-refractivity contribution in [1.82, 2.24) is 4.98 Å². The smallest absolute Gasteiger partial charge is 0.123 e. The molecule has 0 aliphatic heterocycles. The Morgan fingerprint density at radius 2 is 1.74 bits per heavy atom. The normalized spacial score (nSPS) is 10.3. The third-order valence-corrected chi connectivity index (χ3v) is 3.92. The van der Waals surface area contributed by atoms with E-state index in [1.54, 1.807) is 24.3 Å². The molecule has 0 saturated heterocycles. The maximum absolute atomic E-state index is 13.1. The molecule has 0 bridgehead atoms.